The van der Waals surface area contributed by atoms with E-state index in [2.05, 4.69) is 10.3 Å². The lowest BCUT2D eigenvalue weighted by atomic mass is 10.2. The number of phenols is 1. The SMILES string of the molecule is COc1ccc2sc(-c3cnccc3Nc3ccc(O)cc3Cl)nc2c1. The number of phenolic OH excluding ortho intramolecular Hbond substituents is 1. The molecule has 2 heterocycles. The molecule has 130 valence electrons. The van der Waals surface area contributed by atoms with E-state index in [1.54, 1.807) is 43.0 Å². The number of thiazole rings is 1. The Bertz CT molecular complexity index is 1100. The van der Waals surface area contributed by atoms with Crippen molar-refractivity contribution in [1.29, 1.82) is 0 Å². The lowest BCUT2D eigenvalue weighted by molar-refractivity contribution is 0.415. The Labute approximate surface area is 158 Å². The molecular formula is C19H14ClN3O2S. The van der Waals surface area contributed by atoms with Crippen molar-refractivity contribution < 1.29 is 9.84 Å². The zero-order valence-corrected chi connectivity index (χ0v) is 15.3. The first-order valence-electron chi connectivity index (χ1n) is 7.78. The largest absolute Gasteiger partial charge is 0.508 e. The fourth-order valence-electron chi connectivity index (χ4n) is 2.57. The van der Waals surface area contributed by atoms with Gasteiger partial charge in [0.15, 0.2) is 0 Å². The summed E-state index contributed by atoms with van der Waals surface area (Å²) in [6.45, 7) is 0. The van der Waals surface area contributed by atoms with E-state index in [1.807, 2.05) is 24.3 Å². The van der Waals surface area contributed by atoms with Gasteiger partial charge < -0.3 is 15.2 Å². The molecule has 0 aliphatic carbocycles. The highest BCUT2D eigenvalue weighted by atomic mass is 35.5. The maximum atomic E-state index is 9.52. The van der Waals surface area contributed by atoms with Gasteiger partial charge in [-0.3, -0.25) is 4.98 Å². The Balaban J connectivity index is 1.76. The lowest BCUT2D eigenvalue weighted by Gasteiger charge is -2.11. The molecule has 0 aliphatic rings. The molecule has 7 heteroatoms. The first-order valence-corrected chi connectivity index (χ1v) is 8.98. The Kier molecular flexibility index (Phi) is 4.36. The standard InChI is InChI=1S/C19H14ClN3O2S/c1-25-12-3-5-18-17(9-12)23-19(26-18)13-10-21-7-6-15(13)22-16-4-2-11(24)8-14(16)20/h2-10,24H,1H3,(H,21,22). The molecular weight excluding hydrogens is 370 g/mol. The van der Waals surface area contributed by atoms with Crippen LogP contribution in [-0.2, 0) is 0 Å². The van der Waals surface area contributed by atoms with Crippen LogP contribution in [0.1, 0.15) is 0 Å². The predicted octanol–water partition coefficient (Wildman–Crippen LogP) is 5.47. The summed E-state index contributed by atoms with van der Waals surface area (Å²) in [5.74, 6) is 0.894. The number of anilines is 2. The van der Waals surface area contributed by atoms with Crippen LogP contribution in [0.2, 0.25) is 5.02 Å². The van der Waals surface area contributed by atoms with Crippen molar-refractivity contribution in [3.05, 3.63) is 59.9 Å². The van der Waals surface area contributed by atoms with E-state index in [0.717, 1.165) is 32.2 Å². The number of halogens is 1. The number of ether oxygens (including phenoxy) is 1. The van der Waals surface area contributed by atoms with E-state index in [-0.39, 0.29) is 5.75 Å². The minimum atomic E-state index is 0.121. The summed E-state index contributed by atoms with van der Waals surface area (Å²) in [5, 5.41) is 14.1. The van der Waals surface area contributed by atoms with Gasteiger partial charge in [-0.25, -0.2) is 4.98 Å². The van der Waals surface area contributed by atoms with Crippen LogP contribution in [0.15, 0.2) is 54.9 Å². The topological polar surface area (TPSA) is 67.3 Å². The number of benzene rings is 2. The van der Waals surface area contributed by atoms with Crippen molar-refractivity contribution >= 4 is 44.5 Å². The number of nitrogens with zero attached hydrogens (tertiary/aromatic N) is 2. The molecule has 5 nitrogen and oxygen atoms in total. The number of hydrogen-bond acceptors (Lipinski definition) is 6. The molecule has 0 spiro atoms. The summed E-state index contributed by atoms with van der Waals surface area (Å²) in [5.41, 5.74) is 3.27. The third kappa shape index (κ3) is 3.16. The molecule has 0 amide bonds. The van der Waals surface area contributed by atoms with Crippen LogP contribution in [-0.4, -0.2) is 22.2 Å². The molecule has 0 saturated heterocycles. The lowest BCUT2D eigenvalue weighted by Crippen LogP contribution is -1.94. The van der Waals surface area contributed by atoms with Crippen molar-refractivity contribution in [3.63, 3.8) is 0 Å². The fraction of sp³-hybridized carbons (Fsp3) is 0.0526. The van der Waals surface area contributed by atoms with Gasteiger partial charge in [0.05, 0.1) is 39.3 Å². The highest BCUT2D eigenvalue weighted by molar-refractivity contribution is 7.21. The Morgan fingerprint density at radius 1 is 1.12 bits per heavy atom. The molecule has 0 fully saturated rings. The van der Waals surface area contributed by atoms with Crippen molar-refractivity contribution in [1.82, 2.24) is 9.97 Å². The molecule has 4 aromatic rings. The molecule has 2 aromatic heterocycles. The molecule has 0 aliphatic heterocycles. The number of pyridine rings is 1. The average molecular weight is 384 g/mol. The van der Waals surface area contributed by atoms with Gasteiger partial charge in [-0.1, -0.05) is 11.6 Å². The summed E-state index contributed by atoms with van der Waals surface area (Å²) in [4.78, 5) is 8.95. The van der Waals surface area contributed by atoms with Gasteiger partial charge >= 0.3 is 0 Å². The van der Waals surface area contributed by atoms with Crippen molar-refractivity contribution in [2.75, 3.05) is 12.4 Å². The van der Waals surface area contributed by atoms with Gasteiger partial charge in [0.25, 0.3) is 0 Å². The first-order chi connectivity index (χ1) is 12.6. The van der Waals surface area contributed by atoms with Gasteiger partial charge in [0, 0.05) is 24.5 Å². The molecule has 2 aromatic carbocycles. The molecule has 0 bridgehead atoms. The minimum Gasteiger partial charge on any atom is -0.508 e. The van der Waals surface area contributed by atoms with Gasteiger partial charge in [-0.05, 0) is 30.3 Å². The van der Waals surface area contributed by atoms with Crippen molar-refractivity contribution in [2.24, 2.45) is 0 Å². The number of fused-ring (bicyclic) bond motifs is 1. The smallest absolute Gasteiger partial charge is 0.128 e. The van der Waals surface area contributed by atoms with E-state index in [1.165, 1.54) is 6.07 Å². The average Bonchev–Trinajstić information content (AvgIpc) is 3.07. The van der Waals surface area contributed by atoms with Crippen LogP contribution in [0.3, 0.4) is 0 Å². The highest BCUT2D eigenvalue weighted by Crippen LogP contribution is 2.37. The summed E-state index contributed by atoms with van der Waals surface area (Å²) in [6.07, 6.45) is 3.47. The second kappa shape index (κ2) is 6.82. The summed E-state index contributed by atoms with van der Waals surface area (Å²) < 4.78 is 6.34. The number of methoxy groups -OCH3 is 1. The number of aromatic hydroxyl groups is 1. The zero-order chi connectivity index (χ0) is 18.1. The van der Waals surface area contributed by atoms with Crippen LogP contribution >= 0.6 is 22.9 Å². The van der Waals surface area contributed by atoms with Crippen LogP contribution in [0.4, 0.5) is 11.4 Å². The first kappa shape index (κ1) is 16.6. The summed E-state index contributed by atoms with van der Waals surface area (Å²) in [7, 11) is 1.64. The molecule has 2 N–H and O–H groups in total. The Morgan fingerprint density at radius 2 is 2.00 bits per heavy atom. The maximum Gasteiger partial charge on any atom is 0.128 e. The Morgan fingerprint density at radius 3 is 2.81 bits per heavy atom. The second-order valence-corrected chi connectivity index (χ2v) is 7.00. The van der Waals surface area contributed by atoms with Crippen LogP contribution in [0.5, 0.6) is 11.5 Å². The van der Waals surface area contributed by atoms with Gasteiger partial charge in [-0.2, -0.15) is 0 Å². The molecule has 26 heavy (non-hydrogen) atoms. The highest BCUT2D eigenvalue weighted by Gasteiger charge is 2.13. The molecule has 0 radical (unpaired) electrons. The van der Waals surface area contributed by atoms with E-state index < -0.39 is 0 Å². The summed E-state index contributed by atoms with van der Waals surface area (Å²) in [6, 6.07) is 12.5. The van der Waals surface area contributed by atoms with E-state index >= 15 is 0 Å². The maximum absolute atomic E-state index is 9.52. The quantitative estimate of drug-likeness (QED) is 0.457. The summed E-state index contributed by atoms with van der Waals surface area (Å²) >= 11 is 7.79. The monoisotopic (exact) mass is 383 g/mol. The van der Waals surface area contributed by atoms with E-state index in [9.17, 15) is 5.11 Å². The van der Waals surface area contributed by atoms with Crippen LogP contribution < -0.4 is 10.1 Å². The number of aromatic nitrogens is 2. The molecule has 0 saturated carbocycles. The van der Waals surface area contributed by atoms with Gasteiger partial charge in [0.2, 0.25) is 0 Å². The predicted molar refractivity (Wildman–Crippen MR) is 106 cm³/mol. The third-order valence-electron chi connectivity index (χ3n) is 3.87. The Hall–Kier alpha value is -2.83. The van der Waals surface area contributed by atoms with E-state index in [0.29, 0.717) is 10.7 Å². The number of rotatable bonds is 4. The molecule has 0 unspecified atom stereocenters. The molecule has 4 rings (SSSR count). The second-order valence-electron chi connectivity index (χ2n) is 5.56. The van der Waals surface area contributed by atoms with Crippen LogP contribution in [0, 0.1) is 0 Å². The molecule has 0 atom stereocenters. The zero-order valence-electron chi connectivity index (χ0n) is 13.7. The van der Waals surface area contributed by atoms with Gasteiger partial charge in [-0.15, -0.1) is 11.3 Å². The number of nitrogens with one attached hydrogen (secondary N) is 1. The fourth-order valence-corrected chi connectivity index (χ4v) is 3.77. The van der Waals surface area contributed by atoms with Crippen molar-refractivity contribution in [3.8, 4) is 22.1 Å². The van der Waals surface area contributed by atoms with Gasteiger partial charge in [0.1, 0.15) is 16.5 Å². The van der Waals surface area contributed by atoms with Crippen LogP contribution in [0.25, 0.3) is 20.8 Å². The minimum absolute atomic E-state index is 0.121. The third-order valence-corrected chi connectivity index (χ3v) is 5.25. The van der Waals surface area contributed by atoms with E-state index in [4.69, 9.17) is 21.3 Å². The number of hydrogen-bond donors (Lipinski definition) is 2. The normalized spacial score (nSPS) is 10.8. The van der Waals surface area contributed by atoms with Crippen molar-refractivity contribution in [2.45, 2.75) is 0 Å².